The Morgan fingerprint density at radius 2 is 1.90 bits per heavy atom. The maximum Gasteiger partial charge on any atom is 0.191 e. The molecule has 4 rings (SSSR count). The van der Waals surface area contributed by atoms with E-state index in [-0.39, 0.29) is 6.10 Å². The van der Waals surface area contributed by atoms with Gasteiger partial charge in [0.25, 0.3) is 0 Å². The molecule has 162 valence electrons. The summed E-state index contributed by atoms with van der Waals surface area (Å²) in [6.07, 6.45) is 4.59. The first-order valence-electron chi connectivity index (χ1n) is 10.8. The molecular formula is C24H29N5O2. The van der Waals surface area contributed by atoms with Crippen molar-refractivity contribution in [2.45, 2.75) is 26.0 Å². The zero-order valence-electron chi connectivity index (χ0n) is 17.8. The third kappa shape index (κ3) is 5.78. The van der Waals surface area contributed by atoms with E-state index in [1.54, 1.807) is 0 Å². The summed E-state index contributed by atoms with van der Waals surface area (Å²) in [7, 11) is 0. The van der Waals surface area contributed by atoms with Crippen LogP contribution >= 0.6 is 0 Å². The Balaban J connectivity index is 1.29. The number of nitrogens with zero attached hydrogens (tertiary/aromatic N) is 3. The summed E-state index contributed by atoms with van der Waals surface area (Å²) in [5.74, 6) is 3.38. The van der Waals surface area contributed by atoms with Crippen molar-refractivity contribution in [1.29, 1.82) is 0 Å². The minimum absolute atomic E-state index is 0.102. The normalized spacial score (nSPS) is 15.5. The molecule has 0 radical (unpaired) electrons. The summed E-state index contributed by atoms with van der Waals surface area (Å²) in [4.78, 5) is 9.20. The Labute approximate surface area is 183 Å². The second kappa shape index (κ2) is 10.5. The van der Waals surface area contributed by atoms with Gasteiger partial charge in [-0.15, -0.1) is 0 Å². The first kappa shape index (κ1) is 20.8. The molecule has 0 bridgehead atoms. The van der Waals surface area contributed by atoms with Crippen molar-refractivity contribution >= 4 is 5.96 Å². The Hall–Kier alpha value is -3.48. The van der Waals surface area contributed by atoms with Crippen LogP contribution in [0.1, 0.15) is 18.3 Å². The molecule has 1 unspecified atom stereocenters. The number of imidazole rings is 1. The third-order valence-electron chi connectivity index (χ3n) is 5.00. The first-order valence-corrected chi connectivity index (χ1v) is 10.8. The lowest BCUT2D eigenvalue weighted by Gasteiger charge is -2.25. The van der Waals surface area contributed by atoms with Gasteiger partial charge in [0.2, 0.25) is 0 Å². The summed E-state index contributed by atoms with van der Waals surface area (Å²) in [5, 5.41) is 6.69. The molecule has 0 amide bonds. The van der Waals surface area contributed by atoms with E-state index < -0.39 is 0 Å². The molecule has 0 spiro atoms. The molecule has 1 aliphatic heterocycles. The van der Waals surface area contributed by atoms with E-state index >= 15 is 0 Å². The van der Waals surface area contributed by atoms with Crippen molar-refractivity contribution in [3.05, 3.63) is 78.4 Å². The highest BCUT2D eigenvalue weighted by Crippen LogP contribution is 2.30. The Morgan fingerprint density at radius 1 is 1.10 bits per heavy atom. The predicted molar refractivity (Wildman–Crippen MR) is 122 cm³/mol. The SMILES string of the molecule is CCNC(=NCC1COc2ccccc2O1)NCCc1nccn1Cc1ccccc1. The van der Waals surface area contributed by atoms with E-state index in [0.717, 1.165) is 49.3 Å². The molecule has 1 aliphatic rings. The van der Waals surface area contributed by atoms with Crippen molar-refractivity contribution < 1.29 is 9.47 Å². The highest BCUT2D eigenvalue weighted by Gasteiger charge is 2.20. The van der Waals surface area contributed by atoms with Gasteiger partial charge in [0.15, 0.2) is 23.6 Å². The van der Waals surface area contributed by atoms with Crippen LogP contribution in [0.3, 0.4) is 0 Å². The molecule has 31 heavy (non-hydrogen) atoms. The minimum Gasteiger partial charge on any atom is -0.486 e. The average Bonchev–Trinajstić information content (AvgIpc) is 3.24. The second-order valence-corrected chi connectivity index (χ2v) is 7.35. The standard InChI is InChI=1S/C24H29N5O2/c1-2-25-24(28-16-20-18-30-21-10-6-7-11-22(21)31-20)27-13-12-23-26-14-15-29(23)17-19-8-4-3-5-9-19/h3-11,14-15,20H,2,12-13,16-18H2,1H3,(H2,25,27,28). The molecule has 0 fully saturated rings. The van der Waals surface area contributed by atoms with Gasteiger partial charge < -0.3 is 24.7 Å². The van der Waals surface area contributed by atoms with Gasteiger partial charge in [-0.1, -0.05) is 42.5 Å². The lowest BCUT2D eigenvalue weighted by molar-refractivity contribution is 0.0971. The number of benzene rings is 2. The minimum atomic E-state index is -0.102. The monoisotopic (exact) mass is 419 g/mol. The number of hydrogen-bond acceptors (Lipinski definition) is 4. The Morgan fingerprint density at radius 3 is 2.74 bits per heavy atom. The maximum absolute atomic E-state index is 6.00. The number of guanidine groups is 1. The summed E-state index contributed by atoms with van der Waals surface area (Å²) in [6.45, 7) is 5.43. The van der Waals surface area contributed by atoms with Crippen LogP contribution in [0.25, 0.3) is 0 Å². The fraction of sp³-hybridized carbons (Fsp3) is 0.333. The van der Waals surface area contributed by atoms with Gasteiger partial charge in [-0.3, -0.25) is 0 Å². The third-order valence-corrected chi connectivity index (χ3v) is 5.00. The van der Waals surface area contributed by atoms with E-state index in [1.807, 2.05) is 42.7 Å². The van der Waals surface area contributed by atoms with Gasteiger partial charge in [0.05, 0.1) is 6.54 Å². The molecule has 0 saturated heterocycles. The smallest absolute Gasteiger partial charge is 0.191 e. The highest BCUT2D eigenvalue weighted by atomic mass is 16.6. The van der Waals surface area contributed by atoms with Crippen molar-refractivity contribution in [1.82, 2.24) is 20.2 Å². The fourth-order valence-corrected chi connectivity index (χ4v) is 3.47. The molecular weight excluding hydrogens is 390 g/mol. The molecule has 1 atom stereocenters. The van der Waals surface area contributed by atoms with Gasteiger partial charge in [0.1, 0.15) is 12.4 Å². The van der Waals surface area contributed by atoms with E-state index in [1.165, 1.54) is 5.56 Å². The zero-order chi connectivity index (χ0) is 21.3. The molecule has 2 heterocycles. The van der Waals surface area contributed by atoms with Crippen molar-refractivity contribution in [3.8, 4) is 11.5 Å². The predicted octanol–water partition coefficient (Wildman–Crippen LogP) is 2.87. The number of aromatic nitrogens is 2. The fourth-order valence-electron chi connectivity index (χ4n) is 3.47. The van der Waals surface area contributed by atoms with E-state index in [4.69, 9.17) is 9.47 Å². The van der Waals surface area contributed by atoms with Crippen LogP contribution in [0.15, 0.2) is 72.0 Å². The van der Waals surface area contributed by atoms with Gasteiger partial charge in [-0.2, -0.15) is 0 Å². The molecule has 7 nitrogen and oxygen atoms in total. The van der Waals surface area contributed by atoms with Crippen molar-refractivity contribution in [3.63, 3.8) is 0 Å². The number of nitrogens with one attached hydrogen (secondary N) is 2. The van der Waals surface area contributed by atoms with Crippen molar-refractivity contribution in [2.24, 2.45) is 4.99 Å². The van der Waals surface area contributed by atoms with Crippen LogP contribution in [0.4, 0.5) is 0 Å². The van der Waals surface area contributed by atoms with E-state index in [2.05, 4.69) is 56.4 Å². The van der Waals surface area contributed by atoms with E-state index in [9.17, 15) is 0 Å². The van der Waals surface area contributed by atoms with Crippen LogP contribution in [0.2, 0.25) is 0 Å². The lowest BCUT2D eigenvalue weighted by Crippen LogP contribution is -2.40. The Bertz CT molecular complexity index is 986. The molecule has 7 heteroatoms. The van der Waals surface area contributed by atoms with Crippen LogP contribution in [0.5, 0.6) is 11.5 Å². The zero-order valence-corrected chi connectivity index (χ0v) is 17.8. The molecule has 3 aromatic rings. The average molecular weight is 420 g/mol. The van der Waals surface area contributed by atoms with Gasteiger partial charge >= 0.3 is 0 Å². The first-order chi connectivity index (χ1) is 15.3. The number of rotatable bonds is 8. The highest BCUT2D eigenvalue weighted by molar-refractivity contribution is 5.79. The molecule has 2 aromatic carbocycles. The van der Waals surface area contributed by atoms with Crippen LogP contribution in [-0.2, 0) is 13.0 Å². The van der Waals surface area contributed by atoms with Crippen LogP contribution in [0, 0.1) is 0 Å². The largest absolute Gasteiger partial charge is 0.486 e. The lowest BCUT2D eigenvalue weighted by atomic mass is 10.2. The molecule has 2 N–H and O–H groups in total. The summed E-state index contributed by atoms with van der Waals surface area (Å²) >= 11 is 0. The summed E-state index contributed by atoms with van der Waals surface area (Å²) in [6, 6.07) is 18.2. The van der Waals surface area contributed by atoms with Crippen LogP contribution in [-0.4, -0.2) is 47.9 Å². The number of hydrogen-bond donors (Lipinski definition) is 2. The Kier molecular flexibility index (Phi) is 7.05. The quantitative estimate of drug-likeness (QED) is 0.434. The maximum atomic E-state index is 6.00. The number of ether oxygens (including phenoxy) is 2. The summed E-state index contributed by atoms with van der Waals surface area (Å²) < 4.78 is 14.0. The number of para-hydroxylation sites is 2. The number of fused-ring (bicyclic) bond motifs is 1. The number of aliphatic imine (C=N–C) groups is 1. The van der Waals surface area contributed by atoms with Gasteiger partial charge in [-0.05, 0) is 24.6 Å². The van der Waals surface area contributed by atoms with Gasteiger partial charge in [0, 0.05) is 38.4 Å². The molecule has 0 aliphatic carbocycles. The second-order valence-electron chi connectivity index (χ2n) is 7.35. The van der Waals surface area contributed by atoms with E-state index in [0.29, 0.717) is 13.2 Å². The van der Waals surface area contributed by atoms with Crippen molar-refractivity contribution in [2.75, 3.05) is 26.2 Å². The summed E-state index contributed by atoms with van der Waals surface area (Å²) in [5.41, 5.74) is 1.26. The van der Waals surface area contributed by atoms with Gasteiger partial charge in [-0.25, -0.2) is 9.98 Å². The van der Waals surface area contributed by atoms with Crippen LogP contribution < -0.4 is 20.1 Å². The topological polar surface area (TPSA) is 72.7 Å². The molecule has 0 saturated carbocycles. The molecule has 1 aromatic heterocycles.